The Kier molecular flexibility index (Phi) is 2.50. The van der Waals surface area contributed by atoms with Crippen LogP contribution in [0.2, 0.25) is 0 Å². The topological polar surface area (TPSA) is 38.1 Å². The average Bonchev–Trinajstić information content (AvgIpc) is 2.56. The number of fused-ring (bicyclic) bond motifs is 1. The molecule has 2 aromatic rings. The first-order chi connectivity index (χ1) is 6.79. The smallest absolute Gasteiger partial charge is 0.209 e. The molecule has 1 aromatic heterocycles. The van der Waals surface area contributed by atoms with Crippen LogP contribution in [0.5, 0.6) is 0 Å². The predicted molar refractivity (Wildman–Crippen MR) is 56.1 cm³/mol. The number of aryl methyl sites for hydroxylation is 1. The van der Waals surface area contributed by atoms with Crippen molar-refractivity contribution in [1.82, 2.24) is 10.3 Å². The van der Waals surface area contributed by atoms with Crippen LogP contribution >= 0.6 is 0 Å². The van der Waals surface area contributed by atoms with Crippen LogP contribution in [0.3, 0.4) is 0 Å². The van der Waals surface area contributed by atoms with Gasteiger partial charge in [0.15, 0.2) is 5.58 Å². The molecule has 3 heteroatoms. The third kappa shape index (κ3) is 1.77. The molecule has 74 valence electrons. The third-order valence-corrected chi connectivity index (χ3v) is 2.11. The zero-order valence-electron chi connectivity index (χ0n) is 8.50. The fourth-order valence-electron chi connectivity index (χ4n) is 1.39. The molecule has 0 aliphatic rings. The van der Waals surface area contributed by atoms with Crippen molar-refractivity contribution in [3.05, 3.63) is 29.7 Å². The van der Waals surface area contributed by atoms with Crippen molar-refractivity contribution >= 4 is 11.1 Å². The number of hydrogen-bond donors (Lipinski definition) is 1. The second-order valence-corrected chi connectivity index (χ2v) is 3.36. The summed E-state index contributed by atoms with van der Waals surface area (Å²) in [6.45, 7) is 5.74. The molecule has 0 fully saturated rings. The van der Waals surface area contributed by atoms with E-state index in [0.29, 0.717) is 6.54 Å². The molecule has 3 nitrogen and oxygen atoms in total. The van der Waals surface area contributed by atoms with Gasteiger partial charge in [-0.15, -0.1) is 0 Å². The van der Waals surface area contributed by atoms with Gasteiger partial charge in [0.2, 0.25) is 5.89 Å². The van der Waals surface area contributed by atoms with E-state index < -0.39 is 0 Å². The summed E-state index contributed by atoms with van der Waals surface area (Å²) in [4.78, 5) is 4.38. The van der Waals surface area contributed by atoms with Gasteiger partial charge in [-0.3, -0.25) is 0 Å². The zero-order chi connectivity index (χ0) is 9.97. The van der Waals surface area contributed by atoms with Crippen LogP contribution in [0.4, 0.5) is 0 Å². The molecule has 0 spiro atoms. The highest BCUT2D eigenvalue weighted by atomic mass is 16.3. The fraction of sp³-hybridized carbons (Fsp3) is 0.364. The molecule has 1 heterocycles. The van der Waals surface area contributed by atoms with Crippen LogP contribution in [0.25, 0.3) is 11.1 Å². The Labute approximate surface area is 83.1 Å². The Bertz CT molecular complexity index is 434. The summed E-state index contributed by atoms with van der Waals surface area (Å²) in [5.74, 6) is 0.757. The van der Waals surface area contributed by atoms with Crippen molar-refractivity contribution in [2.45, 2.75) is 20.4 Å². The van der Waals surface area contributed by atoms with Gasteiger partial charge in [0, 0.05) is 0 Å². The molecule has 0 saturated heterocycles. The number of nitrogens with zero attached hydrogens (tertiary/aromatic N) is 1. The van der Waals surface area contributed by atoms with E-state index in [1.807, 2.05) is 18.2 Å². The molecular weight excluding hydrogens is 176 g/mol. The molecule has 0 saturated carbocycles. The lowest BCUT2D eigenvalue weighted by molar-refractivity contribution is 0.501. The van der Waals surface area contributed by atoms with Gasteiger partial charge in [-0.25, -0.2) is 4.98 Å². The molecule has 1 N–H and O–H groups in total. The van der Waals surface area contributed by atoms with Gasteiger partial charge in [-0.05, 0) is 31.2 Å². The standard InChI is InChI=1S/C11H14N2O/c1-3-12-7-11-13-9-6-8(2)4-5-10(9)14-11/h4-6,12H,3,7H2,1-2H3. The van der Waals surface area contributed by atoms with E-state index in [2.05, 4.69) is 24.1 Å². The quantitative estimate of drug-likeness (QED) is 0.806. The molecule has 0 unspecified atom stereocenters. The summed E-state index contributed by atoms with van der Waals surface area (Å²) >= 11 is 0. The van der Waals surface area contributed by atoms with Gasteiger partial charge in [0.05, 0.1) is 6.54 Å². The van der Waals surface area contributed by atoms with Crippen molar-refractivity contribution < 1.29 is 4.42 Å². The monoisotopic (exact) mass is 190 g/mol. The van der Waals surface area contributed by atoms with Crippen molar-refractivity contribution in [3.63, 3.8) is 0 Å². The Morgan fingerprint density at radius 2 is 2.29 bits per heavy atom. The molecule has 14 heavy (non-hydrogen) atoms. The molecule has 0 bridgehead atoms. The number of aromatic nitrogens is 1. The minimum atomic E-state index is 0.699. The lowest BCUT2D eigenvalue weighted by atomic mass is 10.2. The van der Waals surface area contributed by atoms with Gasteiger partial charge in [0.1, 0.15) is 5.52 Å². The van der Waals surface area contributed by atoms with Crippen LogP contribution in [0, 0.1) is 6.92 Å². The van der Waals surface area contributed by atoms with E-state index in [1.54, 1.807) is 0 Å². The van der Waals surface area contributed by atoms with E-state index in [1.165, 1.54) is 5.56 Å². The molecule has 0 aliphatic carbocycles. The van der Waals surface area contributed by atoms with Crippen LogP contribution in [-0.4, -0.2) is 11.5 Å². The first-order valence-corrected chi connectivity index (χ1v) is 4.86. The molecule has 2 rings (SSSR count). The van der Waals surface area contributed by atoms with Crippen molar-refractivity contribution in [1.29, 1.82) is 0 Å². The maximum atomic E-state index is 5.55. The largest absolute Gasteiger partial charge is 0.439 e. The maximum absolute atomic E-state index is 5.55. The molecular formula is C11H14N2O. The molecule has 0 aliphatic heterocycles. The van der Waals surface area contributed by atoms with Gasteiger partial charge >= 0.3 is 0 Å². The average molecular weight is 190 g/mol. The lowest BCUT2D eigenvalue weighted by Gasteiger charge is -1.93. The highest BCUT2D eigenvalue weighted by molar-refractivity contribution is 5.73. The third-order valence-electron chi connectivity index (χ3n) is 2.11. The van der Waals surface area contributed by atoms with Crippen LogP contribution in [0.1, 0.15) is 18.4 Å². The predicted octanol–water partition coefficient (Wildman–Crippen LogP) is 2.25. The normalized spacial score (nSPS) is 11.0. The number of oxazole rings is 1. The van der Waals surface area contributed by atoms with Gasteiger partial charge in [0.25, 0.3) is 0 Å². The number of rotatable bonds is 3. The zero-order valence-corrected chi connectivity index (χ0v) is 8.50. The van der Waals surface area contributed by atoms with Crippen molar-refractivity contribution in [2.75, 3.05) is 6.54 Å². The van der Waals surface area contributed by atoms with Crippen molar-refractivity contribution in [3.8, 4) is 0 Å². The van der Waals surface area contributed by atoms with Gasteiger partial charge < -0.3 is 9.73 Å². The fourth-order valence-corrected chi connectivity index (χ4v) is 1.39. The van der Waals surface area contributed by atoms with E-state index in [0.717, 1.165) is 23.5 Å². The summed E-state index contributed by atoms with van der Waals surface area (Å²) in [5, 5.41) is 3.18. The number of benzene rings is 1. The first kappa shape index (κ1) is 9.21. The molecule has 0 radical (unpaired) electrons. The Morgan fingerprint density at radius 3 is 3.07 bits per heavy atom. The SMILES string of the molecule is CCNCc1nc2cc(C)ccc2o1. The Balaban J connectivity index is 2.32. The number of hydrogen-bond acceptors (Lipinski definition) is 3. The Hall–Kier alpha value is -1.35. The molecule has 0 amide bonds. The van der Waals surface area contributed by atoms with Crippen LogP contribution in [0.15, 0.2) is 22.6 Å². The number of nitrogens with one attached hydrogen (secondary N) is 1. The second-order valence-electron chi connectivity index (χ2n) is 3.36. The molecule has 1 aromatic carbocycles. The van der Waals surface area contributed by atoms with E-state index >= 15 is 0 Å². The summed E-state index contributed by atoms with van der Waals surface area (Å²) in [5.41, 5.74) is 3.02. The minimum Gasteiger partial charge on any atom is -0.439 e. The van der Waals surface area contributed by atoms with Gasteiger partial charge in [-0.1, -0.05) is 13.0 Å². The summed E-state index contributed by atoms with van der Waals surface area (Å²) in [6, 6.07) is 6.03. The van der Waals surface area contributed by atoms with E-state index in [4.69, 9.17) is 4.42 Å². The first-order valence-electron chi connectivity index (χ1n) is 4.86. The summed E-state index contributed by atoms with van der Waals surface area (Å²) in [6.07, 6.45) is 0. The lowest BCUT2D eigenvalue weighted by Crippen LogP contribution is -2.11. The second kappa shape index (κ2) is 3.80. The van der Waals surface area contributed by atoms with E-state index in [-0.39, 0.29) is 0 Å². The summed E-state index contributed by atoms with van der Waals surface area (Å²) in [7, 11) is 0. The highest BCUT2D eigenvalue weighted by Gasteiger charge is 2.04. The maximum Gasteiger partial charge on any atom is 0.209 e. The van der Waals surface area contributed by atoms with Gasteiger partial charge in [-0.2, -0.15) is 0 Å². The van der Waals surface area contributed by atoms with Crippen molar-refractivity contribution in [2.24, 2.45) is 0 Å². The van der Waals surface area contributed by atoms with E-state index in [9.17, 15) is 0 Å². The van der Waals surface area contributed by atoms with Crippen LogP contribution < -0.4 is 5.32 Å². The summed E-state index contributed by atoms with van der Waals surface area (Å²) < 4.78 is 5.55. The Morgan fingerprint density at radius 1 is 1.43 bits per heavy atom. The minimum absolute atomic E-state index is 0.699. The molecule has 0 atom stereocenters. The van der Waals surface area contributed by atoms with Crippen LogP contribution in [-0.2, 0) is 6.54 Å². The highest BCUT2D eigenvalue weighted by Crippen LogP contribution is 2.16.